The first kappa shape index (κ1) is 20.1. The van der Waals surface area contributed by atoms with Crippen molar-refractivity contribution in [3.05, 3.63) is 59.7 Å². The van der Waals surface area contributed by atoms with Gasteiger partial charge >= 0.3 is 5.97 Å². The van der Waals surface area contributed by atoms with Crippen LogP contribution in [0.2, 0.25) is 0 Å². The van der Waals surface area contributed by atoms with Gasteiger partial charge in [0.1, 0.15) is 11.8 Å². The summed E-state index contributed by atoms with van der Waals surface area (Å²) in [6, 6.07) is 11.8. The van der Waals surface area contributed by atoms with Gasteiger partial charge in [0.25, 0.3) is 17.7 Å². The zero-order valence-corrected chi connectivity index (χ0v) is 16.2. The fourth-order valence-electron chi connectivity index (χ4n) is 2.91. The van der Waals surface area contributed by atoms with Crippen LogP contribution in [-0.2, 0) is 14.3 Å². The Hall–Kier alpha value is -3.68. The molecule has 0 saturated heterocycles. The number of anilines is 1. The van der Waals surface area contributed by atoms with E-state index >= 15 is 0 Å². The van der Waals surface area contributed by atoms with Crippen LogP contribution in [0.1, 0.15) is 34.6 Å². The Balaban J connectivity index is 1.62. The molecule has 0 spiro atoms. The molecular weight excluding hydrogens is 376 g/mol. The van der Waals surface area contributed by atoms with E-state index in [4.69, 9.17) is 9.47 Å². The molecule has 29 heavy (non-hydrogen) atoms. The van der Waals surface area contributed by atoms with Gasteiger partial charge in [-0.3, -0.25) is 19.3 Å². The van der Waals surface area contributed by atoms with E-state index in [2.05, 4.69) is 5.32 Å². The van der Waals surface area contributed by atoms with Crippen molar-refractivity contribution >= 4 is 29.4 Å². The maximum absolute atomic E-state index is 12.5. The van der Waals surface area contributed by atoms with Crippen LogP contribution in [0.15, 0.2) is 48.5 Å². The molecule has 0 saturated carbocycles. The highest BCUT2D eigenvalue weighted by Gasteiger charge is 2.41. The lowest BCUT2D eigenvalue weighted by atomic mass is 10.1. The molecule has 2 aromatic rings. The van der Waals surface area contributed by atoms with Gasteiger partial charge in [-0.25, -0.2) is 4.79 Å². The minimum atomic E-state index is -1.17. The summed E-state index contributed by atoms with van der Waals surface area (Å²) in [7, 11) is 1.53. The van der Waals surface area contributed by atoms with Crippen LogP contribution in [0.25, 0.3) is 0 Å². The van der Waals surface area contributed by atoms with E-state index in [-0.39, 0.29) is 11.1 Å². The molecular formula is C21H20N2O6. The SMILES string of the molecule is COc1ccc(NC(=O)C(C)OC(=O)C(C)N2C(=O)c3ccccc3C2=O)cc1. The van der Waals surface area contributed by atoms with Crippen molar-refractivity contribution in [2.75, 3.05) is 12.4 Å². The van der Waals surface area contributed by atoms with Gasteiger partial charge in [-0.2, -0.15) is 0 Å². The number of fused-ring (bicyclic) bond motifs is 1. The number of nitrogens with one attached hydrogen (secondary N) is 1. The third kappa shape index (κ3) is 3.96. The van der Waals surface area contributed by atoms with Crippen LogP contribution in [-0.4, -0.2) is 47.8 Å². The Morgan fingerprint density at radius 2 is 1.48 bits per heavy atom. The summed E-state index contributed by atoms with van der Waals surface area (Å²) in [5, 5.41) is 2.62. The molecule has 0 radical (unpaired) electrons. The summed E-state index contributed by atoms with van der Waals surface area (Å²) in [5.74, 6) is -1.89. The summed E-state index contributed by atoms with van der Waals surface area (Å²) in [6.07, 6.45) is -1.12. The van der Waals surface area contributed by atoms with Crippen molar-refractivity contribution in [2.24, 2.45) is 0 Å². The van der Waals surface area contributed by atoms with Crippen LogP contribution in [0.5, 0.6) is 5.75 Å². The molecule has 0 fully saturated rings. The van der Waals surface area contributed by atoms with Gasteiger partial charge in [-0.1, -0.05) is 12.1 Å². The molecule has 1 heterocycles. The zero-order valence-electron chi connectivity index (χ0n) is 16.2. The number of benzene rings is 2. The average Bonchev–Trinajstić information content (AvgIpc) is 2.98. The molecule has 1 aliphatic rings. The highest BCUT2D eigenvalue weighted by Crippen LogP contribution is 2.25. The Kier molecular flexibility index (Phi) is 5.63. The number of hydrogen-bond acceptors (Lipinski definition) is 6. The van der Waals surface area contributed by atoms with Gasteiger partial charge in [0.2, 0.25) is 0 Å². The minimum absolute atomic E-state index is 0.238. The lowest BCUT2D eigenvalue weighted by molar-refractivity contribution is -0.156. The predicted octanol–water partition coefficient (Wildman–Crippen LogP) is 2.25. The number of esters is 1. The van der Waals surface area contributed by atoms with E-state index in [9.17, 15) is 19.2 Å². The smallest absolute Gasteiger partial charge is 0.329 e. The van der Waals surface area contributed by atoms with Crippen molar-refractivity contribution in [1.82, 2.24) is 4.90 Å². The number of hydrogen-bond donors (Lipinski definition) is 1. The van der Waals surface area contributed by atoms with Crippen LogP contribution in [0.4, 0.5) is 5.69 Å². The van der Waals surface area contributed by atoms with E-state index in [1.54, 1.807) is 36.4 Å². The molecule has 150 valence electrons. The molecule has 2 aromatic carbocycles. The molecule has 8 heteroatoms. The van der Waals surface area contributed by atoms with Crippen molar-refractivity contribution in [1.29, 1.82) is 0 Å². The van der Waals surface area contributed by atoms with E-state index < -0.39 is 35.8 Å². The van der Waals surface area contributed by atoms with Gasteiger partial charge in [0.15, 0.2) is 6.10 Å². The van der Waals surface area contributed by atoms with Crippen molar-refractivity contribution in [2.45, 2.75) is 26.0 Å². The molecule has 0 aromatic heterocycles. The summed E-state index contributed by atoms with van der Waals surface area (Å²) >= 11 is 0. The van der Waals surface area contributed by atoms with E-state index in [0.29, 0.717) is 11.4 Å². The second-order valence-corrected chi connectivity index (χ2v) is 6.50. The van der Waals surface area contributed by atoms with Gasteiger partial charge in [0, 0.05) is 5.69 Å². The van der Waals surface area contributed by atoms with Gasteiger partial charge < -0.3 is 14.8 Å². The summed E-state index contributed by atoms with van der Waals surface area (Å²) in [6.45, 7) is 2.80. The Bertz CT molecular complexity index is 934. The van der Waals surface area contributed by atoms with Crippen LogP contribution >= 0.6 is 0 Å². The van der Waals surface area contributed by atoms with Crippen molar-refractivity contribution in [3.8, 4) is 5.75 Å². The average molecular weight is 396 g/mol. The minimum Gasteiger partial charge on any atom is -0.497 e. The summed E-state index contributed by atoms with van der Waals surface area (Å²) in [5.41, 5.74) is 0.983. The first-order valence-electron chi connectivity index (χ1n) is 8.95. The van der Waals surface area contributed by atoms with Crippen LogP contribution in [0.3, 0.4) is 0 Å². The van der Waals surface area contributed by atoms with E-state index in [0.717, 1.165) is 4.90 Å². The molecule has 0 bridgehead atoms. The van der Waals surface area contributed by atoms with E-state index in [1.165, 1.54) is 33.1 Å². The first-order chi connectivity index (χ1) is 13.8. The number of amides is 3. The fraction of sp³-hybridized carbons (Fsp3) is 0.238. The van der Waals surface area contributed by atoms with Crippen LogP contribution in [0, 0.1) is 0 Å². The second-order valence-electron chi connectivity index (χ2n) is 6.50. The number of carbonyl (C=O) groups is 4. The quantitative estimate of drug-likeness (QED) is 0.594. The number of rotatable bonds is 6. The van der Waals surface area contributed by atoms with Gasteiger partial charge in [-0.05, 0) is 50.2 Å². The monoisotopic (exact) mass is 396 g/mol. The first-order valence-corrected chi connectivity index (χ1v) is 8.95. The molecule has 8 nitrogen and oxygen atoms in total. The highest BCUT2D eigenvalue weighted by atomic mass is 16.5. The molecule has 3 rings (SSSR count). The number of nitrogens with zero attached hydrogens (tertiary/aromatic N) is 1. The summed E-state index contributed by atoms with van der Waals surface area (Å²) < 4.78 is 10.2. The van der Waals surface area contributed by atoms with Gasteiger partial charge in [-0.15, -0.1) is 0 Å². The van der Waals surface area contributed by atoms with Gasteiger partial charge in [0.05, 0.1) is 18.2 Å². The lowest BCUT2D eigenvalue weighted by Crippen LogP contribution is -2.45. The highest BCUT2D eigenvalue weighted by molar-refractivity contribution is 6.22. The normalized spacial score (nSPS) is 14.8. The number of imide groups is 1. The maximum Gasteiger partial charge on any atom is 0.329 e. The van der Waals surface area contributed by atoms with Crippen LogP contribution < -0.4 is 10.1 Å². The molecule has 1 N–H and O–H groups in total. The topological polar surface area (TPSA) is 102 Å². The molecule has 2 unspecified atom stereocenters. The largest absolute Gasteiger partial charge is 0.497 e. The fourth-order valence-corrected chi connectivity index (χ4v) is 2.91. The molecule has 3 amide bonds. The second kappa shape index (κ2) is 8.14. The maximum atomic E-state index is 12.5. The molecule has 2 atom stereocenters. The third-order valence-electron chi connectivity index (χ3n) is 4.57. The predicted molar refractivity (Wildman–Crippen MR) is 104 cm³/mol. The third-order valence-corrected chi connectivity index (χ3v) is 4.57. The van der Waals surface area contributed by atoms with Crippen molar-refractivity contribution < 1.29 is 28.7 Å². The zero-order chi connectivity index (χ0) is 21.1. The van der Waals surface area contributed by atoms with Crippen molar-refractivity contribution in [3.63, 3.8) is 0 Å². The standard InChI is InChI=1S/C21H20N2O6/c1-12(23-19(25)16-6-4-5-7-17(16)20(23)26)21(27)29-13(2)18(24)22-14-8-10-15(28-3)11-9-14/h4-13H,1-3H3,(H,22,24). The van der Waals surface area contributed by atoms with E-state index in [1.807, 2.05) is 0 Å². The molecule has 1 aliphatic heterocycles. The Morgan fingerprint density at radius 1 is 0.931 bits per heavy atom. The molecule has 0 aliphatic carbocycles. The number of ether oxygens (including phenoxy) is 2. The Labute approximate surface area is 167 Å². The Morgan fingerprint density at radius 3 is 2.00 bits per heavy atom. The summed E-state index contributed by atoms with van der Waals surface area (Å²) in [4.78, 5) is 50.5. The number of methoxy groups -OCH3 is 1. The lowest BCUT2D eigenvalue weighted by Gasteiger charge is -2.22. The number of carbonyl (C=O) groups excluding carboxylic acids is 4.